The molecule has 0 aliphatic rings. The average molecular weight is 403 g/mol. The quantitative estimate of drug-likeness (QED) is 0.397. The molecule has 0 bridgehead atoms. The van der Waals surface area contributed by atoms with Crippen molar-refractivity contribution in [2.75, 3.05) is 0 Å². The molecule has 5 rings (SSSR count). The first-order valence-corrected chi connectivity index (χ1v) is 9.50. The molecule has 2 aromatic carbocycles. The van der Waals surface area contributed by atoms with Gasteiger partial charge < -0.3 is 4.98 Å². The molecule has 4 nitrogen and oxygen atoms in total. The second kappa shape index (κ2) is 6.87. The second-order valence-corrected chi connectivity index (χ2v) is 7.27. The van der Waals surface area contributed by atoms with E-state index in [1.165, 1.54) is 12.1 Å². The van der Waals surface area contributed by atoms with E-state index in [1.807, 2.05) is 54.2 Å². The van der Waals surface area contributed by atoms with Crippen molar-refractivity contribution in [2.45, 2.75) is 0 Å². The van der Waals surface area contributed by atoms with E-state index in [0.717, 1.165) is 44.8 Å². The van der Waals surface area contributed by atoms with Crippen LogP contribution in [0, 0.1) is 5.82 Å². The van der Waals surface area contributed by atoms with E-state index in [1.54, 1.807) is 12.3 Å². The highest BCUT2D eigenvalue weighted by Gasteiger charge is 2.12. The minimum atomic E-state index is -0.350. The molecule has 0 fully saturated rings. The molecule has 5 aromatic rings. The Kier molecular flexibility index (Phi) is 4.18. The Labute approximate surface area is 171 Å². The second-order valence-electron chi connectivity index (χ2n) is 6.86. The summed E-state index contributed by atoms with van der Waals surface area (Å²) in [5, 5.41) is 6.02. The number of aryl methyl sites for hydroxylation is 1. The number of rotatable bonds is 3. The van der Waals surface area contributed by atoms with Gasteiger partial charge in [0.1, 0.15) is 11.5 Å². The van der Waals surface area contributed by atoms with Crippen molar-refractivity contribution in [2.24, 2.45) is 7.05 Å². The summed E-state index contributed by atoms with van der Waals surface area (Å²) in [6.07, 6.45) is 1.76. The van der Waals surface area contributed by atoms with Gasteiger partial charge in [0.25, 0.3) is 0 Å². The van der Waals surface area contributed by atoms with E-state index in [2.05, 4.69) is 21.1 Å². The summed E-state index contributed by atoms with van der Waals surface area (Å²) in [5.74, 6) is -0.350. The SMILES string of the molecule is Cn1nc(-c2ccccn2)cc1-c1ccc2[nH]c(-c3ccc(F)cc3Cl)cc2c1. The number of pyridine rings is 1. The fraction of sp³-hybridized carbons (Fsp3) is 0.0435. The molecule has 3 aromatic heterocycles. The van der Waals surface area contributed by atoms with E-state index in [0.29, 0.717) is 5.02 Å². The molecule has 0 aliphatic carbocycles. The van der Waals surface area contributed by atoms with E-state index in [-0.39, 0.29) is 5.82 Å². The van der Waals surface area contributed by atoms with Gasteiger partial charge in [-0.25, -0.2) is 4.39 Å². The molecular formula is C23H16ClFN4. The molecule has 3 heterocycles. The fourth-order valence-electron chi connectivity index (χ4n) is 3.52. The molecular weight excluding hydrogens is 387 g/mol. The summed E-state index contributed by atoms with van der Waals surface area (Å²) in [5.41, 5.74) is 6.31. The predicted octanol–water partition coefficient (Wildman–Crippen LogP) is 6.09. The van der Waals surface area contributed by atoms with Crippen LogP contribution in [-0.4, -0.2) is 19.7 Å². The van der Waals surface area contributed by atoms with E-state index in [9.17, 15) is 4.39 Å². The minimum absolute atomic E-state index is 0.350. The number of halogens is 2. The molecule has 29 heavy (non-hydrogen) atoms. The lowest BCUT2D eigenvalue weighted by molar-refractivity contribution is 0.628. The number of nitrogens with zero attached hydrogens (tertiary/aromatic N) is 3. The average Bonchev–Trinajstić information content (AvgIpc) is 3.31. The van der Waals surface area contributed by atoms with Crippen LogP contribution in [0.3, 0.4) is 0 Å². The van der Waals surface area contributed by atoms with Crippen LogP contribution >= 0.6 is 11.6 Å². The van der Waals surface area contributed by atoms with Gasteiger partial charge in [-0.05, 0) is 54.6 Å². The highest BCUT2D eigenvalue weighted by Crippen LogP contribution is 2.33. The van der Waals surface area contributed by atoms with Gasteiger partial charge in [-0.15, -0.1) is 0 Å². The molecule has 6 heteroatoms. The van der Waals surface area contributed by atoms with Gasteiger partial charge in [0.15, 0.2) is 0 Å². The van der Waals surface area contributed by atoms with Crippen molar-refractivity contribution in [1.29, 1.82) is 0 Å². The molecule has 0 unspecified atom stereocenters. The lowest BCUT2D eigenvalue weighted by Gasteiger charge is -2.01. The first kappa shape index (κ1) is 17.6. The van der Waals surface area contributed by atoms with Crippen LogP contribution in [0.2, 0.25) is 5.02 Å². The zero-order chi connectivity index (χ0) is 20.0. The Morgan fingerprint density at radius 2 is 1.86 bits per heavy atom. The Balaban J connectivity index is 1.56. The smallest absolute Gasteiger partial charge is 0.124 e. The summed E-state index contributed by atoms with van der Waals surface area (Å²) in [6, 6.07) is 20.4. The molecule has 0 atom stereocenters. The Bertz CT molecular complexity index is 1340. The molecule has 0 radical (unpaired) electrons. The molecule has 0 spiro atoms. The van der Waals surface area contributed by atoms with Gasteiger partial charge in [-0.3, -0.25) is 9.67 Å². The van der Waals surface area contributed by atoms with Crippen molar-refractivity contribution in [3.63, 3.8) is 0 Å². The number of hydrogen-bond donors (Lipinski definition) is 1. The van der Waals surface area contributed by atoms with Crippen molar-refractivity contribution in [1.82, 2.24) is 19.7 Å². The highest BCUT2D eigenvalue weighted by molar-refractivity contribution is 6.33. The van der Waals surface area contributed by atoms with Crippen molar-refractivity contribution < 1.29 is 4.39 Å². The van der Waals surface area contributed by atoms with Gasteiger partial charge in [-0.1, -0.05) is 23.7 Å². The third-order valence-corrected chi connectivity index (χ3v) is 5.26. The first-order valence-electron chi connectivity index (χ1n) is 9.12. The maximum absolute atomic E-state index is 13.4. The zero-order valence-corrected chi connectivity index (χ0v) is 16.3. The standard InChI is InChI=1S/C23H16ClFN4/c1-29-23(13-22(28-29)20-4-2-3-9-26-20)14-5-8-19-15(10-14)11-21(27-19)17-7-6-16(25)12-18(17)24/h2-13,27H,1H3. The Morgan fingerprint density at radius 3 is 2.66 bits per heavy atom. The fourth-order valence-corrected chi connectivity index (χ4v) is 3.79. The first-order chi connectivity index (χ1) is 14.1. The van der Waals surface area contributed by atoms with Crippen LogP contribution in [-0.2, 0) is 7.05 Å². The maximum atomic E-state index is 13.4. The number of aromatic amines is 1. The summed E-state index contributed by atoms with van der Waals surface area (Å²) >= 11 is 6.22. The summed E-state index contributed by atoms with van der Waals surface area (Å²) < 4.78 is 15.2. The van der Waals surface area contributed by atoms with Gasteiger partial charge in [0.2, 0.25) is 0 Å². The third kappa shape index (κ3) is 3.19. The van der Waals surface area contributed by atoms with Crippen molar-refractivity contribution in [3.05, 3.63) is 83.8 Å². The van der Waals surface area contributed by atoms with Gasteiger partial charge in [0, 0.05) is 41.0 Å². The molecule has 0 amide bonds. The number of nitrogens with one attached hydrogen (secondary N) is 1. The zero-order valence-electron chi connectivity index (χ0n) is 15.5. The predicted molar refractivity (Wildman–Crippen MR) is 114 cm³/mol. The molecule has 142 valence electrons. The molecule has 1 N–H and O–H groups in total. The van der Waals surface area contributed by atoms with Crippen LogP contribution in [0.15, 0.2) is 72.9 Å². The van der Waals surface area contributed by atoms with Crippen LogP contribution in [0.1, 0.15) is 0 Å². The normalized spacial score (nSPS) is 11.3. The molecule has 0 aliphatic heterocycles. The van der Waals surface area contributed by atoms with Gasteiger partial charge in [-0.2, -0.15) is 5.10 Å². The number of hydrogen-bond acceptors (Lipinski definition) is 2. The van der Waals surface area contributed by atoms with E-state index < -0.39 is 0 Å². The summed E-state index contributed by atoms with van der Waals surface area (Å²) in [4.78, 5) is 7.74. The topological polar surface area (TPSA) is 46.5 Å². The van der Waals surface area contributed by atoms with Crippen molar-refractivity contribution in [3.8, 4) is 33.9 Å². The maximum Gasteiger partial charge on any atom is 0.124 e. The van der Waals surface area contributed by atoms with Crippen LogP contribution in [0.5, 0.6) is 0 Å². The van der Waals surface area contributed by atoms with Gasteiger partial charge in [0.05, 0.1) is 16.4 Å². The van der Waals surface area contributed by atoms with Gasteiger partial charge >= 0.3 is 0 Å². The third-order valence-electron chi connectivity index (χ3n) is 4.94. The molecule has 0 saturated carbocycles. The highest BCUT2D eigenvalue weighted by atomic mass is 35.5. The van der Waals surface area contributed by atoms with E-state index in [4.69, 9.17) is 11.6 Å². The van der Waals surface area contributed by atoms with Crippen LogP contribution in [0.25, 0.3) is 44.8 Å². The van der Waals surface area contributed by atoms with E-state index >= 15 is 0 Å². The number of aromatic nitrogens is 4. The summed E-state index contributed by atoms with van der Waals surface area (Å²) in [6.45, 7) is 0. The lowest BCUT2D eigenvalue weighted by Crippen LogP contribution is -1.93. The van der Waals surface area contributed by atoms with Crippen LogP contribution in [0.4, 0.5) is 4.39 Å². The van der Waals surface area contributed by atoms with Crippen molar-refractivity contribution >= 4 is 22.5 Å². The Hall–Kier alpha value is -3.44. The van der Waals surface area contributed by atoms with Crippen LogP contribution < -0.4 is 0 Å². The largest absolute Gasteiger partial charge is 0.354 e. The number of H-pyrrole nitrogens is 1. The monoisotopic (exact) mass is 402 g/mol. The molecule has 0 saturated heterocycles. The summed E-state index contributed by atoms with van der Waals surface area (Å²) in [7, 11) is 1.92. The number of fused-ring (bicyclic) bond motifs is 1. The number of benzene rings is 2. The lowest BCUT2D eigenvalue weighted by atomic mass is 10.1. The minimum Gasteiger partial charge on any atom is -0.354 e. The Morgan fingerprint density at radius 1 is 0.966 bits per heavy atom.